The Morgan fingerprint density at radius 2 is 1.61 bits per heavy atom. The lowest BCUT2D eigenvalue weighted by molar-refractivity contribution is 0.0949. The quantitative estimate of drug-likeness (QED) is 0.518. The summed E-state index contributed by atoms with van der Waals surface area (Å²) in [5.74, 6) is -0.124. The number of rotatable bonds is 7. The zero-order valence-electron chi connectivity index (χ0n) is 19.0. The first-order chi connectivity index (χ1) is 16.0. The van der Waals surface area contributed by atoms with E-state index in [1.54, 1.807) is 29.2 Å². The van der Waals surface area contributed by atoms with Crippen molar-refractivity contribution in [2.24, 2.45) is 0 Å². The molecule has 1 N–H and O–H groups in total. The molecular formula is C27H28ClN3O2. The van der Waals surface area contributed by atoms with Crippen LogP contribution >= 0.6 is 11.6 Å². The number of carbonyl (C=O) groups excluding carboxylic acids is 2. The van der Waals surface area contributed by atoms with Gasteiger partial charge in [0.05, 0.1) is 0 Å². The zero-order chi connectivity index (χ0) is 23.4. The van der Waals surface area contributed by atoms with Crippen molar-refractivity contribution in [2.45, 2.75) is 26.8 Å². The van der Waals surface area contributed by atoms with Crippen molar-refractivity contribution in [1.29, 1.82) is 0 Å². The van der Waals surface area contributed by atoms with E-state index in [1.807, 2.05) is 36.4 Å². The molecule has 3 aromatic rings. The molecule has 1 heterocycles. The summed E-state index contributed by atoms with van der Waals surface area (Å²) in [4.78, 5) is 29.6. The lowest BCUT2D eigenvalue weighted by Crippen LogP contribution is -2.28. The SMILES string of the molecule is CCN(CC)c1ccc(C(=O)NCc2ccc3c(c2)CCN3C(=O)c2ccc(Cl)cc2)cc1. The number of fused-ring (bicyclic) bond motifs is 1. The van der Waals surface area contributed by atoms with Crippen molar-refractivity contribution in [1.82, 2.24) is 5.32 Å². The molecule has 1 aliphatic heterocycles. The van der Waals surface area contributed by atoms with E-state index in [0.717, 1.165) is 42.0 Å². The van der Waals surface area contributed by atoms with Crippen LogP contribution in [0.2, 0.25) is 5.02 Å². The van der Waals surface area contributed by atoms with Crippen LogP contribution in [0.25, 0.3) is 0 Å². The zero-order valence-corrected chi connectivity index (χ0v) is 19.7. The molecule has 0 bridgehead atoms. The lowest BCUT2D eigenvalue weighted by Gasteiger charge is -2.21. The molecule has 33 heavy (non-hydrogen) atoms. The maximum atomic E-state index is 12.9. The number of benzene rings is 3. The van der Waals surface area contributed by atoms with E-state index in [0.29, 0.717) is 29.2 Å². The van der Waals surface area contributed by atoms with Crippen LogP contribution in [-0.2, 0) is 13.0 Å². The number of carbonyl (C=O) groups is 2. The second kappa shape index (κ2) is 10.1. The molecule has 1 aliphatic rings. The van der Waals surface area contributed by atoms with Crippen molar-refractivity contribution in [3.8, 4) is 0 Å². The highest BCUT2D eigenvalue weighted by Crippen LogP contribution is 2.30. The average Bonchev–Trinajstić information content (AvgIpc) is 3.27. The first-order valence-corrected chi connectivity index (χ1v) is 11.7. The number of nitrogens with zero attached hydrogens (tertiary/aromatic N) is 2. The van der Waals surface area contributed by atoms with Crippen LogP contribution < -0.4 is 15.1 Å². The minimum Gasteiger partial charge on any atom is -0.372 e. The Balaban J connectivity index is 1.39. The van der Waals surface area contributed by atoms with Crippen molar-refractivity contribution < 1.29 is 9.59 Å². The standard InChI is InChI=1S/C27H28ClN3O2/c1-3-30(4-2)24-12-8-20(9-13-24)26(32)29-18-19-5-14-25-22(17-19)15-16-31(25)27(33)21-6-10-23(28)11-7-21/h5-14,17H,3-4,15-16,18H2,1-2H3,(H,29,32). The summed E-state index contributed by atoms with van der Waals surface area (Å²) in [5, 5.41) is 3.61. The van der Waals surface area contributed by atoms with Crippen molar-refractivity contribution in [2.75, 3.05) is 29.4 Å². The number of anilines is 2. The van der Waals surface area contributed by atoms with Crippen LogP contribution in [-0.4, -0.2) is 31.4 Å². The molecule has 0 aliphatic carbocycles. The normalized spacial score (nSPS) is 12.4. The van der Waals surface area contributed by atoms with Crippen molar-refractivity contribution in [3.63, 3.8) is 0 Å². The lowest BCUT2D eigenvalue weighted by atomic mass is 10.1. The molecular weight excluding hydrogens is 434 g/mol. The molecule has 4 rings (SSSR count). The van der Waals surface area contributed by atoms with Crippen molar-refractivity contribution in [3.05, 3.63) is 94.0 Å². The Morgan fingerprint density at radius 3 is 2.27 bits per heavy atom. The number of amides is 2. The number of halogens is 1. The topological polar surface area (TPSA) is 52.7 Å². The third-order valence-electron chi connectivity index (χ3n) is 6.09. The smallest absolute Gasteiger partial charge is 0.258 e. The summed E-state index contributed by atoms with van der Waals surface area (Å²) in [6.07, 6.45) is 0.795. The second-order valence-corrected chi connectivity index (χ2v) is 8.52. The van der Waals surface area contributed by atoms with E-state index >= 15 is 0 Å². The fraction of sp³-hybridized carbons (Fsp3) is 0.259. The van der Waals surface area contributed by atoms with Gasteiger partial charge < -0.3 is 15.1 Å². The van der Waals surface area contributed by atoms with Gasteiger partial charge in [0.25, 0.3) is 11.8 Å². The van der Waals surface area contributed by atoms with E-state index in [4.69, 9.17) is 11.6 Å². The highest BCUT2D eigenvalue weighted by atomic mass is 35.5. The highest BCUT2D eigenvalue weighted by molar-refractivity contribution is 6.30. The molecule has 3 aromatic carbocycles. The highest BCUT2D eigenvalue weighted by Gasteiger charge is 2.25. The molecule has 0 saturated heterocycles. The van der Waals surface area contributed by atoms with Crippen LogP contribution in [0.4, 0.5) is 11.4 Å². The molecule has 0 aromatic heterocycles. The Morgan fingerprint density at radius 1 is 0.939 bits per heavy atom. The Hall–Kier alpha value is -3.31. The maximum absolute atomic E-state index is 12.9. The predicted octanol–water partition coefficient (Wildman–Crippen LogP) is 5.32. The molecule has 0 fully saturated rings. The van der Waals surface area contributed by atoms with Crippen LogP contribution in [0.3, 0.4) is 0 Å². The Bertz CT molecular complexity index is 1140. The average molecular weight is 462 g/mol. The minimum atomic E-state index is -0.0962. The first kappa shape index (κ1) is 22.9. The second-order valence-electron chi connectivity index (χ2n) is 8.08. The minimum absolute atomic E-state index is 0.0281. The number of hydrogen-bond acceptors (Lipinski definition) is 3. The van der Waals surface area contributed by atoms with Gasteiger partial charge in [-0.15, -0.1) is 0 Å². The van der Waals surface area contributed by atoms with Gasteiger partial charge in [-0.1, -0.05) is 23.7 Å². The van der Waals surface area contributed by atoms with Gasteiger partial charge in [-0.05, 0) is 86.0 Å². The fourth-order valence-electron chi connectivity index (χ4n) is 4.22. The van der Waals surface area contributed by atoms with E-state index in [1.165, 1.54) is 0 Å². The van der Waals surface area contributed by atoms with Gasteiger partial charge in [0.2, 0.25) is 0 Å². The number of nitrogens with one attached hydrogen (secondary N) is 1. The summed E-state index contributed by atoms with van der Waals surface area (Å²) >= 11 is 5.94. The van der Waals surface area contributed by atoms with Gasteiger partial charge in [-0.25, -0.2) is 0 Å². The molecule has 0 saturated carbocycles. The Kier molecular flexibility index (Phi) is 6.99. The monoisotopic (exact) mass is 461 g/mol. The van der Waals surface area contributed by atoms with Crippen LogP contribution in [0.1, 0.15) is 45.7 Å². The van der Waals surface area contributed by atoms with Gasteiger partial charge in [-0.3, -0.25) is 9.59 Å². The summed E-state index contributed by atoms with van der Waals surface area (Å²) in [6, 6.07) is 20.7. The largest absolute Gasteiger partial charge is 0.372 e. The van der Waals surface area contributed by atoms with Gasteiger partial charge in [0.1, 0.15) is 0 Å². The fourth-order valence-corrected chi connectivity index (χ4v) is 4.35. The van der Waals surface area contributed by atoms with Gasteiger partial charge in [0.15, 0.2) is 0 Å². The van der Waals surface area contributed by atoms with E-state index in [2.05, 4.69) is 30.1 Å². The summed E-state index contributed by atoms with van der Waals surface area (Å²) < 4.78 is 0. The third-order valence-corrected chi connectivity index (χ3v) is 6.34. The summed E-state index contributed by atoms with van der Waals surface area (Å²) in [6.45, 7) is 7.19. The summed E-state index contributed by atoms with van der Waals surface area (Å²) in [5.41, 5.74) is 5.45. The molecule has 0 spiro atoms. The van der Waals surface area contributed by atoms with E-state index < -0.39 is 0 Å². The predicted molar refractivity (Wildman–Crippen MR) is 134 cm³/mol. The van der Waals surface area contributed by atoms with Crippen molar-refractivity contribution >= 4 is 34.8 Å². The van der Waals surface area contributed by atoms with Gasteiger partial charge in [0, 0.05) is 53.7 Å². The number of hydrogen-bond donors (Lipinski definition) is 1. The van der Waals surface area contributed by atoms with Crippen LogP contribution in [0.5, 0.6) is 0 Å². The van der Waals surface area contributed by atoms with Crippen LogP contribution in [0, 0.1) is 0 Å². The summed E-state index contributed by atoms with van der Waals surface area (Å²) in [7, 11) is 0. The molecule has 2 amide bonds. The molecule has 0 radical (unpaired) electrons. The van der Waals surface area contributed by atoms with Crippen LogP contribution in [0.15, 0.2) is 66.7 Å². The van der Waals surface area contributed by atoms with Gasteiger partial charge >= 0.3 is 0 Å². The Labute approximate surface area is 200 Å². The maximum Gasteiger partial charge on any atom is 0.258 e. The molecule has 170 valence electrons. The molecule has 5 nitrogen and oxygen atoms in total. The molecule has 0 atom stereocenters. The first-order valence-electron chi connectivity index (χ1n) is 11.3. The van der Waals surface area contributed by atoms with Gasteiger partial charge in [-0.2, -0.15) is 0 Å². The van der Waals surface area contributed by atoms with E-state index in [-0.39, 0.29) is 11.8 Å². The molecule has 6 heteroatoms. The third kappa shape index (κ3) is 5.04. The molecule has 0 unspecified atom stereocenters. The van der Waals surface area contributed by atoms with E-state index in [9.17, 15) is 9.59 Å².